The minimum Gasteiger partial charge on any atom is -0.481 e. The van der Waals surface area contributed by atoms with Gasteiger partial charge in [-0.15, -0.1) is 11.3 Å². The van der Waals surface area contributed by atoms with E-state index < -0.39 is 29.6 Å². The van der Waals surface area contributed by atoms with Gasteiger partial charge in [0.1, 0.15) is 17.7 Å². The van der Waals surface area contributed by atoms with Crippen LogP contribution in [0.2, 0.25) is 0 Å². The lowest BCUT2D eigenvalue weighted by Crippen LogP contribution is -2.53. The number of aryl methyl sites for hydroxylation is 1. The molecular weight excluding hydrogens is 618 g/mol. The number of aromatic nitrogens is 1. The molecule has 2 amide bonds. The molecule has 14 heteroatoms. The number of benzene rings is 2. The third-order valence-electron chi connectivity index (χ3n) is 8.55. The van der Waals surface area contributed by atoms with Gasteiger partial charge in [0, 0.05) is 62.1 Å². The maximum atomic E-state index is 14.8. The van der Waals surface area contributed by atoms with Crippen molar-refractivity contribution in [3.63, 3.8) is 0 Å². The lowest BCUT2D eigenvalue weighted by atomic mass is 9.92. The van der Waals surface area contributed by atoms with E-state index in [-0.39, 0.29) is 36.1 Å². The zero-order chi connectivity index (χ0) is 32.5. The number of hydrogen-bond acceptors (Lipinski definition) is 9. The standard InChI is InChI=1S/C32H32F2N6O5S/c1-18-22(4-3-5-23(18)33)28-27(31(43)45-2)25(36-29(37-28)30-35-10-13-46-30)17-38-11-12-39-21(15-38)16-40(32(39)44)20-8-6-19(24(34)14-20)7-9-26(41)42/h3-6,8,10,13-14,21,28H,7,9,11-12,15-17H2,1-2H3,(H,36,37)(H,41,42)/t21-,28-/m0/s1. The van der Waals surface area contributed by atoms with E-state index in [2.05, 4.69) is 15.2 Å². The Kier molecular flexibility index (Phi) is 8.82. The summed E-state index contributed by atoms with van der Waals surface area (Å²) >= 11 is 1.38. The zero-order valence-electron chi connectivity index (χ0n) is 25.2. The molecule has 0 aliphatic carbocycles. The Morgan fingerprint density at radius 2 is 1.98 bits per heavy atom. The number of anilines is 1. The van der Waals surface area contributed by atoms with Crippen molar-refractivity contribution in [3.05, 3.63) is 92.6 Å². The summed E-state index contributed by atoms with van der Waals surface area (Å²) in [6.07, 6.45) is 1.53. The Morgan fingerprint density at radius 1 is 1.15 bits per heavy atom. The molecule has 2 aromatic carbocycles. The largest absolute Gasteiger partial charge is 0.481 e. The summed E-state index contributed by atoms with van der Waals surface area (Å²) in [5.41, 5.74) is 2.42. The predicted octanol–water partition coefficient (Wildman–Crippen LogP) is 3.89. The number of carboxylic acid groups (broad SMARTS) is 1. The number of methoxy groups -OCH3 is 1. The molecule has 0 unspecified atom stereocenters. The first-order valence-electron chi connectivity index (χ1n) is 14.8. The van der Waals surface area contributed by atoms with Crippen molar-refractivity contribution in [2.75, 3.05) is 44.7 Å². The Balaban J connectivity index is 1.25. The maximum Gasteiger partial charge on any atom is 0.338 e. The number of halogens is 2. The Hall–Kier alpha value is -4.69. The monoisotopic (exact) mass is 650 g/mol. The second kappa shape index (κ2) is 13.0. The summed E-state index contributed by atoms with van der Waals surface area (Å²) in [5.74, 6) is -2.10. The fourth-order valence-electron chi connectivity index (χ4n) is 6.17. The molecule has 1 aromatic heterocycles. The summed E-state index contributed by atoms with van der Waals surface area (Å²) in [7, 11) is 1.29. The summed E-state index contributed by atoms with van der Waals surface area (Å²) < 4.78 is 34.7. The smallest absolute Gasteiger partial charge is 0.338 e. The van der Waals surface area contributed by atoms with E-state index in [1.165, 1.54) is 41.5 Å². The van der Waals surface area contributed by atoms with E-state index in [1.807, 2.05) is 5.38 Å². The van der Waals surface area contributed by atoms with Crippen LogP contribution in [0.15, 0.2) is 64.2 Å². The van der Waals surface area contributed by atoms with Crippen LogP contribution in [-0.2, 0) is 20.7 Å². The van der Waals surface area contributed by atoms with Crippen molar-refractivity contribution < 1.29 is 33.0 Å². The summed E-state index contributed by atoms with van der Waals surface area (Å²) in [6, 6.07) is 7.88. The number of urea groups is 1. The molecule has 2 atom stereocenters. The number of amidine groups is 1. The van der Waals surface area contributed by atoms with Crippen molar-refractivity contribution in [3.8, 4) is 0 Å². The van der Waals surface area contributed by atoms with Gasteiger partial charge < -0.3 is 20.1 Å². The van der Waals surface area contributed by atoms with Crippen LogP contribution in [0.1, 0.15) is 34.2 Å². The molecular formula is C32H32F2N6O5S. The SMILES string of the molecule is COC(=O)C1=C(CN2CCN3C(=O)N(c4ccc(CCC(=O)O)c(F)c4)C[C@@H]3C2)NC(c2nccs2)=N[C@H]1c1cccc(F)c1C. The third kappa shape index (κ3) is 6.09. The number of esters is 1. The van der Waals surface area contributed by atoms with E-state index in [0.29, 0.717) is 66.1 Å². The highest BCUT2D eigenvalue weighted by atomic mass is 32.1. The number of nitrogens with zero attached hydrogens (tertiary/aromatic N) is 5. The lowest BCUT2D eigenvalue weighted by molar-refractivity contribution is -0.137. The van der Waals surface area contributed by atoms with E-state index in [4.69, 9.17) is 14.8 Å². The molecule has 3 aromatic rings. The number of aliphatic carboxylic acids is 1. The van der Waals surface area contributed by atoms with Gasteiger partial charge in [-0.3, -0.25) is 19.6 Å². The molecule has 0 radical (unpaired) electrons. The fraction of sp³-hybridized carbons (Fsp3) is 0.344. The molecule has 2 saturated heterocycles. The number of thiazole rings is 1. The number of hydrogen-bond donors (Lipinski definition) is 2. The number of rotatable bonds is 9. The van der Waals surface area contributed by atoms with Crippen LogP contribution in [0.3, 0.4) is 0 Å². The first-order valence-corrected chi connectivity index (χ1v) is 15.6. The van der Waals surface area contributed by atoms with Crippen molar-refractivity contribution in [1.29, 1.82) is 0 Å². The predicted molar refractivity (Wildman–Crippen MR) is 167 cm³/mol. The quantitative estimate of drug-likeness (QED) is 0.334. The van der Waals surface area contributed by atoms with Gasteiger partial charge in [-0.05, 0) is 48.2 Å². The second-order valence-corrected chi connectivity index (χ2v) is 12.2. The van der Waals surface area contributed by atoms with Crippen LogP contribution >= 0.6 is 11.3 Å². The Bertz CT molecular complexity index is 1750. The Labute approximate surface area is 267 Å². The van der Waals surface area contributed by atoms with Gasteiger partial charge in [0.25, 0.3) is 0 Å². The molecule has 2 fully saturated rings. The molecule has 2 N–H and O–H groups in total. The van der Waals surface area contributed by atoms with Crippen LogP contribution in [0.25, 0.3) is 0 Å². The minimum atomic E-state index is -1.01. The number of fused-ring (bicyclic) bond motifs is 1. The van der Waals surface area contributed by atoms with Crippen LogP contribution in [0.4, 0.5) is 19.3 Å². The number of carbonyl (C=O) groups is 3. The number of aliphatic imine (C=N–C) groups is 1. The molecule has 11 nitrogen and oxygen atoms in total. The van der Waals surface area contributed by atoms with Crippen LogP contribution in [-0.4, -0.2) is 89.6 Å². The van der Waals surface area contributed by atoms with Gasteiger partial charge >= 0.3 is 18.0 Å². The van der Waals surface area contributed by atoms with Crippen molar-refractivity contribution in [1.82, 2.24) is 20.1 Å². The van der Waals surface area contributed by atoms with Gasteiger partial charge in [0.05, 0.1) is 18.7 Å². The van der Waals surface area contributed by atoms with Crippen LogP contribution in [0, 0.1) is 18.6 Å². The van der Waals surface area contributed by atoms with Gasteiger partial charge in [-0.25, -0.2) is 23.4 Å². The number of ether oxygens (including phenoxy) is 1. The summed E-state index contributed by atoms with van der Waals surface area (Å²) in [4.78, 5) is 52.2. The maximum absolute atomic E-state index is 14.8. The normalized spacial score (nSPS) is 20.0. The van der Waals surface area contributed by atoms with E-state index in [1.54, 1.807) is 36.2 Å². The highest BCUT2D eigenvalue weighted by Gasteiger charge is 2.42. The fourth-order valence-corrected chi connectivity index (χ4v) is 6.76. The Morgan fingerprint density at radius 3 is 2.70 bits per heavy atom. The molecule has 46 heavy (non-hydrogen) atoms. The zero-order valence-corrected chi connectivity index (χ0v) is 26.0. The first-order chi connectivity index (χ1) is 22.1. The van der Waals surface area contributed by atoms with Gasteiger partial charge in [-0.1, -0.05) is 18.2 Å². The highest BCUT2D eigenvalue weighted by molar-refractivity contribution is 7.11. The lowest BCUT2D eigenvalue weighted by Gasteiger charge is -2.38. The molecule has 4 heterocycles. The molecule has 6 rings (SSSR count). The number of nitrogens with one attached hydrogen (secondary N) is 1. The van der Waals surface area contributed by atoms with E-state index in [9.17, 15) is 23.2 Å². The number of piperazine rings is 1. The molecule has 0 saturated carbocycles. The molecule has 3 aliphatic heterocycles. The highest BCUT2D eigenvalue weighted by Crippen LogP contribution is 2.36. The first kappa shape index (κ1) is 31.3. The van der Waals surface area contributed by atoms with Gasteiger partial charge in [-0.2, -0.15) is 0 Å². The number of carbonyl (C=O) groups excluding carboxylic acids is 2. The minimum absolute atomic E-state index is 0.0607. The van der Waals surface area contributed by atoms with Crippen molar-refractivity contribution in [2.45, 2.75) is 31.8 Å². The van der Waals surface area contributed by atoms with Crippen molar-refractivity contribution in [2.24, 2.45) is 4.99 Å². The molecule has 3 aliphatic rings. The van der Waals surface area contributed by atoms with E-state index >= 15 is 0 Å². The molecule has 0 bridgehead atoms. The van der Waals surface area contributed by atoms with Crippen LogP contribution in [0.5, 0.6) is 0 Å². The summed E-state index contributed by atoms with van der Waals surface area (Å²) in [6.45, 7) is 3.68. The topological polar surface area (TPSA) is 128 Å². The average molecular weight is 651 g/mol. The van der Waals surface area contributed by atoms with E-state index in [0.717, 1.165) is 0 Å². The second-order valence-electron chi connectivity index (χ2n) is 11.3. The molecule has 0 spiro atoms. The average Bonchev–Trinajstić information content (AvgIpc) is 3.69. The van der Waals surface area contributed by atoms with Crippen molar-refractivity contribution >= 4 is 40.8 Å². The molecule has 240 valence electrons. The van der Waals surface area contributed by atoms with Gasteiger partial charge in [0.2, 0.25) is 0 Å². The summed E-state index contributed by atoms with van der Waals surface area (Å²) in [5, 5.41) is 14.7. The third-order valence-corrected chi connectivity index (χ3v) is 9.33. The number of carboxylic acids is 1. The van der Waals surface area contributed by atoms with Gasteiger partial charge in [0.15, 0.2) is 10.8 Å². The number of amides is 2. The van der Waals surface area contributed by atoms with Crippen LogP contribution < -0.4 is 10.2 Å².